The third kappa shape index (κ3) is 6.12. The zero-order chi connectivity index (χ0) is 10.7. The number of hydrogen-bond acceptors (Lipinski definition) is 4. The van der Waals surface area contributed by atoms with Gasteiger partial charge in [0.25, 0.3) is 0 Å². The molecular formula is C6H11Cl2NaO4S. The van der Waals surface area contributed by atoms with Crippen LogP contribution in [0.15, 0.2) is 0 Å². The summed E-state index contributed by atoms with van der Waals surface area (Å²) in [6.07, 6.45) is 1.35. The van der Waals surface area contributed by atoms with Crippen LogP contribution in [0.5, 0.6) is 0 Å². The summed E-state index contributed by atoms with van der Waals surface area (Å²) in [5.74, 6) is 0. The van der Waals surface area contributed by atoms with Crippen LogP contribution in [0.4, 0.5) is 0 Å². The van der Waals surface area contributed by atoms with Gasteiger partial charge in [-0.05, 0) is 6.42 Å². The molecule has 0 spiro atoms. The summed E-state index contributed by atoms with van der Waals surface area (Å²) in [4.78, 5) is 0. The molecule has 0 aliphatic carbocycles. The topological polar surface area (TPSA) is 77.4 Å². The molecule has 0 aromatic heterocycles. The SMILES string of the molecule is CCCCC(Cl)(Cl)C(O)S(=O)(=O)[O-].[Na+]. The zero-order valence-electron chi connectivity index (χ0n) is 8.03. The van der Waals surface area contributed by atoms with Crippen LogP contribution in [0.2, 0.25) is 0 Å². The molecule has 0 amide bonds. The van der Waals surface area contributed by atoms with Crippen LogP contribution in [0, 0.1) is 0 Å². The maximum absolute atomic E-state index is 10.4. The van der Waals surface area contributed by atoms with E-state index in [9.17, 15) is 13.0 Å². The molecule has 1 unspecified atom stereocenters. The summed E-state index contributed by atoms with van der Waals surface area (Å²) in [7, 11) is -4.85. The Bertz CT molecular complexity index is 255. The van der Waals surface area contributed by atoms with Crippen molar-refractivity contribution in [3.63, 3.8) is 0 Å². The maximum atomic E-state index is 10.4. The third-order valence-corrected chi connectivity index (χ3v) is 3.50. The molecule has 0 aromatic carbocycles. The number of unbranched alkanes of at least 4 members (excludes halogenated alkanes) is 1. The van der Waals surface area contributed by atoms with Crippen LogP contribution in [0.25, 0.3) is 0 Å². The number of aliphatic hydroxyl groups excluding tert-OH is 1. The first kappa shape index (κ1) is 17.8. The van der Waals surface area contributed by atoms with Gasteiger partial charge in [-0.3, -0.25) is 0 Å². The van der Waals surface area contributed by atoms with E-state index in [4.69, 9.17) is 28.3 Å². The molecule has 0 radical (unpaired) electrons. The standard InChI is InChI=1S/C6H12Cl2O4S.Na/c1-2-3-4-6(7,8)5(9)13(10,11)12;/h5,9H,2-4H2,1H3,(H,10,11,12);/q;+1/p-1. The second kappa shape index (κ2) is 6.91. The van der Waals surface area contributed by atoms with Crippen molar-refractivity contribution in [2.24, 2.45) is 0 Å². The van der Waals surface area contributed by atoms with Crippen molar-refractivity contribution < 1.29 is 47.6 Å². The van der Waals surface area contributed by atoms with Gasteiger partial charge in [-0.2, -0.15) is 0 Å². The van der Waals surface area contributed by atoms with Crippen LogP contribution < -0.4 is 29.6 Å². The molecule has 4 nitrogen and oxygen atoms in total. The molecule has 1 N–H and O–H groups in total. The quantitative estimate of drug-likeness (QED) is 0.365. The zero-order valence-corrected chi connectivity index (χ0v) is 12.4. The van der Waals surface area contributed by atoms with Gasteiger partial charge in [0.15, 0.2) is 9.77 Å². The fourth-order valence-corrected chi connectivity index (χ4v) is 2.21. The Morgan fingerprint density at radius 1 is 1.50 bits per heavy atom. The summed E-state index contributed by atoms with van der Waals surface area (Å²) in [6, 6.07) is 0. The van der Waals surface area contributed by atoms with E-state index in [1.54, 1.807) is 0 Å². The fourth-order valence-electron chi connectivity index (χ4n) is 0.747. The second-order valence-electron chi connectivity index (χ2n) is 2.71. The molecule has 8 heteroatoms. The van der Waals surface area contributed by atoms with Crippen LogP contribution in [-0.2, 0) is 10.1 Å². The predicted octanol–water partition coefficient (Wildman–Crippen LogP) is -1.78. The Morgan fingerprint density at radius 2 is 1.93 bits per heavy atom. The summed E-state index contributed by atoms with van der Waals surface area (Å²) >= 11 is 11.0. The molecule has 0 aliphatic heterocycles. The number of rotatable bonds is 5. The molecule has 14 heavy (non-hydrogen) atoms. The Kier molecular flexibility index (Phi) is 8.80. The van der Waals surface area contributed by atoms with Crippen molar-refractivity contribution in [1.82, 2.24) is 0 Å². The summed E-state index contributed by atoms with van der Waals surface area (Å²) < 4.78 is 29.2. The molecule has 0 heterocycles. The number of halogens is 2. The molecule has 1 atom stereocenters. The molecule has 0 aromatic rings. The molecule has 0 rings (SSSR count). The van der Waals surface area contributed by atoms with Crippen LogP contribution in [0.1, 0.15) is 26.2 Å². The van der Waals surface area contributed by atoms with E-state index in [0.29, 0.717) is 6.42 Å². The van der Waals surface area contributed by atoms with Gasteiger partial charge in [-0.15, -0.1) is 0 Å². The van der Waals surface area contributed by atoms with Crippen molar-refractivity contribution in [3.05, 3.63) is 0 Å². The first-order valence-corrected chi connectivity index (χ1v) is 5.95. The van der Waals surface area contributed by atoms with Gasteiger partial charge < -0.3 is 9.66 Å². The van der Waals surface area contributed by atoms with E-state index in [1.807, 2.05) is 6.92 Å². The molecule has 0 saturated carbocycles. The minimum atomic E-state index is -4.85. The Labute approximate surface area is 116 Å². The third-order valence-electron chi connectivity index (χ3n) is 1.50. The number of aliphatic hydroxyl groups is 1. The van der Waals surface area contributed by atoms with E-state index in [2.05, 4.69) is 0 Å². The molecule has 0 fully saturated rings. The van der Waals surface area contributed by atoms with Crippen molar-refractivity contribution in [3.8, 4) is 0 Å². The summed E-state index contributed by atoms with van der Waals surface area (Å²) in [5.41, 5.74) is -2.27. The van der Waals surface area contributed by atoms with E-state index in [0.717, 1.165) is 6.42 Å². The van der Waals surface area contributed by atoms with E-state index in [1.165, 1.54) is 0 Å². The van der Waals surface area contributed by atoms with Crippen LogP contribution in [-0.4, -0.2) is 27.8 Å². The average molecular weight is 273 g/mol. The predicted molar refractivity (Wildman–Crippen MR) is 49.7 cm³/mol. The smallest absolute Gasteiger partial charge is 0.746 e. The molecule has 0 bridgehead atoms. The number of alkyl halides is 2. The van der Waals surface area contributed by atoms with Crippen molar-refractivity contribution in [1.29, 1.82) is 0 Å². The van der Waals surface area contributed by atoms with Gasteiger partial charge in [-0.25, -0.2) is 8.42 Å². The monoisotopic (exact) mass is 272 g/mol. The van der Waals surface area contributed by atoms with E-state index in [-0.39, 0.29) is 36.0 Å². The van der Waals surface area contributed by atoms with Gasteiger partial charge in [0, 0.05) is 0 Å². The molecule has 0 saturated heterocycles. The van der Waals surface area contributed by atoms with Gasteiger partial charge in [-0.1, -0.05) is 43.0 Å². The van der Waals surface area contributed by atoms with Gasteiger partial charge in [0.1, 0.15) is 10.1 Å². The van der Waals surface area contributed by atoms with Gasteiger partial charge in [0.05, 0.1) is 0 Å². The second-order valence-corrected chi connectivity index (χ2v) is 5.68. The van der Waals surface area contributed by atoms with Crippen molar-refractivity contribution in [2.75, 3.05) is 0 Å². The minimum Gasteiger partial charge on any atom is -0.746 e. The summed E-state index contributed by atoms with van der Waals surface area (Å²) in [5, 5.41) is 8.98. The van der Waals surface area contributed by atoms with Gasteiger partial charge in [0.2, 0.25) is 0 Å². The first-order valence-electron chi connectivity index (χ1n) is 3.72. The molecule has 0 aliphatic rings. The largest absolute Gasteiger partial charge is 1.00 e. The first-order chi connectivity index (χ1) is 5.72. The Hall–Kier alpha value is 1.45. The minimum absolute atomic E-state index is 0. The molecule has 80 valence electrons. The number of hydrogen-bond donors (Lipinski definition) is 1. The maximum Gasteiger partial charge on any atom is 1.00 e. The van der Waals surface area contributed by atoms with Crippen LogP contribution >= 0.6 is 23.2 Å². The Balaban J connectivity index is 0. The summed E-state index contributed by atoms with van der Waals surface area (Å²) in [6.45, 7) is 1.85. The van der Waals surface area contributed by atoms with Crippen molar-refractivity contribution in [2.45, 2.75) is 36.0 Å². The molecular weight excluding hydrogens is 262 g/mol. The van der Waals surface area contributed by atoms with Gasteiger partial charge >= 0.3 is 29.6 Å². The van der Waals surface area contributed by atoms with E-state index >= 15 is 0 Å². The average Bonchev–Trinajstić information content (AvgIpc) is 1.98. The van der Waals surface area contributed by atoms with E-state index < -0.39 is 19.9 Å². The van der Waals surface area contributed by atoms with Crippen molar-refractivity contribution >= 4 is 33.3 Å². The van der Waals surface area contributed by atoms with Crippen LogP contribution in [0.3, 0.4) is 0 Å². The normalized spacial score (nSPS) is 14.6. The fraction of sp³-hybridized carbons (Fsp3) is 1.00. The Morgan fingerprint density at radius 3 is 2.21 bits per heavy atom.